The van der Waals surface area contributed by atoms with E-state index < -0.39 is 0 Å². The molecule has 0 aliphatic carbocycles. The van der Waals surface area contributed by atoms with Gasteiger partial charge in [0.2, 0.25) is 5.91 Å². The molecule has 0 radical (unpaired) electrons. The van der Waals surface area contributed by atoms with Gasteiger partial charge in [0.25, 0.3) is 0 Å². The van der Waals surface area contributed by atoms with Crippen LogP contribution in [0, 0.1) is 5.92 Å². The quantitative estimate of drug-likeness (QED) is 0.860. The minimum absolute atomic E-state index is 0.0401. The number of carbonyl (C=O) groups excluding carboxylic acids is 1. The lowest BCUT2D eigenvalue weighted by atomic mass is 10.0. The first-order valence-corrected chi connectivity index (χ1v) is 6.93. The van der Waals surface area contributed by atoms with E-state index in [1.54, 1.807) is 0 Å². The summed E-state index contributed by atoms with van der Waals surface area (Å²) < 4.78 is 11.1. The minimum atomic E-state index is -0.174. The van der Waals surface area contributed by atoms with E-state index in [4.69, 9.17) is 9.47 Å². The van der Waals surface area contributed by atoms with Crippen molar-refractivity contribution in [1.82, 2.24) is 5.32 Å². The maximum absolute atomic E-state index is 12.3. The van der Waals surface area contributed by atoms with Crippen molar-refractivity contribution >= 4 is 11.6 Å². The smallest absolute Gasteiger partial charge is 0.231 e. The van der Waals surface area contributed by atoms with E-state index in [9.17, 15) is 4.79 Å². The largest absolute Gasteiger partial charge is 0.489 e. The molecule has 1 fully saturated rings. The molecule has 2 unspecified atom stereocenters. The van der Waals surface area contributed by atoms with Gasteiger partial charge in [-0.05, 0) is 33.0 Å². The van der Waals surface area contributed by atoms with Gasteiger partial charge in [0, 0.05) is 6.04 Å². The molecule has 1 saturated heterocycles. The van der Waals surface area contributed by atoms with Crippen LogP contribution in [0.1, 0.15) is 13.8 Å². The molecular weight excluding hydrogens is 256 g/mol. The lowest BCUT2D eigenvalue weighted by molar-refractivity contribution is -0.120. The fraction of sp³-hybridized carbons (Fsp3) is 0.533. The summed E-state index contributed by atoms with van der Waals surface area (Å²) in [7, 11) is 1.84. The van der Waals surface area contributed by atoms with Crippen molar-refractivity contribution in [2.45, 2.75) is 26.0 Å². The zero-order chi connectivity index (χ0) is 14.5. The molecule has 1 aromatic rings. The molecule has 2 N–H and O–H groups in total. The van der Waals surface area contributed by atoms with Gasteiger partial charge in [-0.25, -0.2) is 0 Å². The Balaban J connectivity index is 2.07. The van der Waals surface area contributed by atoms with Crippen LogP contribution in [0.3, 0.4) is 0 Å². The molecular formula is C15H22N2O3. The zero-order valence-electron chi connectivity index (χ0n) is 12.2. The highest BCUT2D eigenvalue weighted by molar-refractivity contribution is 5.94. The Morgan fingerprint density at radius 3 is 2.80 bits per heavy atom. The third-order valence-corrected chi connectivity index (χ3v) is 3.30. The van der Waals surface area contributed by atoms with E-state index in [2.05, 4.69) is 10.6 Å². The van der Waals surface area contributed by atoms with Gasteiger partial charge in [0.1, 0.15) is 5.75 Å². The highest BCUT2D eigenvalue weighted by Gasteiger charge is 2.33. The third-order valence-electron chi connectivity index (χ3n) is 3.30. The summed E-state index contributed by atoms with van der Waals surface area (Å²) in [5.41, 5.74) is 0.702. The number of ether oxygens (including phenoxy) is 2. The van der Waals surface area contributed by atoms with Crippen LogP contribution >= 0.6 is 0 Å². The summed E-state index contributed by atoms with van der Waals surface area (Å²) in [5, 5.41) is 6.05. The Morgan fingerprint density at radius 1 is 1.35 bits per heavy atom. The molecule has 0 saturated carbocycles. The molecule has 2 rings (SSSR count). The molecule has 1 heterocycles. The zero-order valence-corrected chi connectivity index (χ0v) is 12.2. The number of amides is 1. The Morgan fingerprint density at radius 2 is 2.10 bits per heavy atom. The molecule has 5 nitrogen and oxygen atoms in total. The van der Waals surface area contributed by atoms with Gasteiger partial charge in [-0.3, -0.25) is 4.79 Å². The van der Waals surface area contributed by atoms with Gasteiger partial charge in [-0.1, -0.05) is 12.1 Å². The molecule has 1 aliphatic rings. The number of nitrogens with one attached hydrogen (secondary N) is 2. The van der Waals surface area contributed by atoms with Crippen LogP contribution in [0.4, 0.5) is 5.69 Å². The van der Waals surface area contributed by atoms with Crippen LogP contribution in [0.2, 0.25) is 0 Å². The summed E-state index contributed by atoms with van der Waals surface area (Å²) in [6.45, 7) is 4.93. The second-order valence-electron chi connectivity index (χ2n) is 5.19. The molecule has 0 bridgehead atoms. The van der Waals surface area contributed by atoms with Crippen molar-refractivity contribution in [3.05, 3.63) is 24.3 Å². The van der Waals surface area contributed by atoms with Gasteiger partial charge < -0.3 is 20.1 Å². The summed E-state index contributed by atoms with van der Waals surface area (Å²) in [5.74, 6) is 0.476. The Labute approximate surface area is 119 Å². The van der Waals surface area contributed by atoms with Gasteiger partial charge in [0.15, 0.2) is 0 Å². The first kappa shape index (κ1) is 14.8. The molecule has 20 heavy (non-hydrogen) atoms. The van der Waals surface area contributed by atoms with Gasteiger partial charge >= 0.3 is 0 Å². The molecule has 2 atom stereocenters. The standard InChI is InChI=1S/C15H22N2O3/c1-10(2)20-14-7-5-4-6-12(14)17-15(18)11-8-19-9-13(11)16-3/h4-7,10-11,13,16H,8-9H2,1-3H3,(H,17,18). The van der Waals surface area contributed by atoms with Crippen molar-refractivity contribution < 1.29 is 14.3 Å². The first-order valence-electron chi connectivity index (χ1n) is 6.93. The number of rotatable bonds is 5. The fourth-order valence-corrected chi connectivity index (χ4v) is 2.25. The van der Waals surface area contributed by atoms with Crippen LogP contribution in [0.15, 0.2) is 24.3 Å². The summed E-state index contributed by atoms with van der Waals surface area (Å²) in [4.78, 5) is 12.3. The monoisotopic (exact) mass is 278 g/mol. The number of anilines is 1. The predicted molar refractivity (Wildman–Crippen MR) is 78.0 cm³/mol. The maximum Gasteiger partial charge on any atom is 0.231 e. The third kappa shape index (κ3) is 3.49. The van der Waals surface area contributed by atoms with Crippen LogP contribution in [0.5, 0.6) is 5.75 Å². The number of benzene rings is 1. The number of carbonyl (C=O) groups is 1. The topological polar surface area (TPSA) is 59.6 Å². The first-order chi connectivity index (χ1) is 9.61. The van der Waals surface area contributed by atoms with Crippen molar-refractivity contribution in [3.63, 3.8) is 0 Å². The SMILES string of the molecule is CNC1COCC1C(=O)Nc1ccccc1OC(C)C. The molecule has 1 amide bonds. The van der Waals surface area contributed by atoms with Crippen LogP contribution in [-0.2, 0) is 9.53 Å². The highest BCUT2D eigenvalue weighted by atomic mass is 16.5. The Hall–Kier alpha value is -1.59. The Kier molecular flexibility index (Phi) is 4.98. The number of hydrogen-bond donors (Lipinski definition) is 2. The predicted octanol–water partition coefficient (Wildman–Crippen LogP) is 1.65. The normalized spacial score (nSPS) is 22.0. The summed E-state index contributed by atoms with van der Waals surface area (Å²) in [6.07, 6.45) is 0.0629. The molecule has 5 heteroatoms. The van der Waals surface area contributed by atoms with E-state index in [0.29, 0.717) is 24.7 Å². The van der Waals surface area contributed by atoms with E-state index in [0.717, 1.165) is 0 Å². The molecule has 110 valence electrons. The lowest BCUT2D eigenvalue weighted by Gasteiger charge is -2.19. The summed E-state index contributed by atoms with van der Waals surface area (Å²) in [6, 6.07) is 7.54. The van der Waals surface area contributed by atoms with Crippen LogP contribution < -0.4 is 15.4 Å². The van der Waals surface area contributed by atoms with E-state index >= 15 is 0 Å². The minimum Gasteiger partial charge on any atom is -0.489 e. The molecule has 1 aromatic carbocycles. The van der Waals surface area contributed by atoms with Crippen molar-refractivity contribution in [3.8, 4) is 5.75 Å². The highest BCUT2D eigenvalue weighted by Crippen LogP contribution is 2.26. The molecule has 1 aliphatic heterocycles. The maximum atomic E-state index is 12.3. The van der Waals surface area contributed by atoms with E-state index in [1.807, 2.05) is 45.2 Å². The fourth-order valence-electron chi connectivity index (χ4n) is 2.25. The second kappa shape index (κ2) is 6.72. The van der Waals surface area contributed by atoms with Gasteiger partial charge in [0.05, 0.1) is 30.9 Å². The number of hydrogen-bond acceptors (Lipinski definition) is 4. The van der Waals surface area contributed by atoms with Crippen molar-refractivity contribution in [1.29, 1.82) is 0 Å². The van der Waals surface area contributed by atoms with Crippen molar-refractivity contribution in [2.24, 2.45) is 5.92 Å². The van der Waals surface area contributed by atoms with Gasteiger partial charge in [-0.2, -0.15) is 0 Å². The molecule has 0 spiro atoms. The van der Waals surface area contributed by atoms with E-state index in [-0.39, 0.29) is 24.0 Å². The van der Waals surface area contributed by atoms with Crippen LogP contribution in [0.25, 0.3) is 0 Å². The Bertz CT molecular complexity index is 462. The molecule has 0 aromatic heterocycles. The van der Waals surface area contributed by atoms with Gasteiger partial charge in [-0.15, -0.1) is 0 Å². The van der Waals surface area contributed by atoms with E-state index in [1.165, 1.54) is 0 Å². The average Bonchev–Trinajstić information content (AvgIpc) is 2.88. The lowest BCUT2D eigenvalue weighted by Crippen LogP contribution is -2.39. The van der Waals surface area contributed by atoms with Crippen LogP contribution in [-0.4, -0.2) is 38.3 Å². The summed E-state index contributed by atoms with van der Waals surface area (Å²) >= 11 is 0. The number of likely N-dealkylation sites (N-methyl/N-ethyl adjacent to an activating group) is 1. The average molecular weight is 278 g/mol. The number of para-hydroxylation sites is 2. The van der Waals surface area contributed by atoms with Crippen molar-refractivity contribution in [2.75, 3.05) is 25.6 Å². The second-order valence-corrected chi connectivity index (χ2v) is 5.19.